The Kier molecular flexibility index (Phi) is 4.73. The van der Waals surface area contributed by atoms with E-state index in [1.165, 1.54) is 0 Å². The Morgan fingerprint density at radius 3 is 2.91 bits per heavy atom. The Labute approximate surface area is 138 Å². The smallest absolute Gasteiger partial charge is 0.236 e. The van der Waals surface area contributed by atoms with Gasteiger partial charge in [-0.25, -0.2) is 4.98 Å². The Bertz CT molecular complexity index is 749. The molecule has 23 heavy (non-hydrogen) atoms. The average Bonchev–Trinajstić information content (AvgIpc) is 3.20. The highest BCUT2D eigenvalue weighted by molar-refractivity contribution is 7.18. The zero-order valence-corrected chi connectivity index (χ0v) is 14.0. The summed E-state index contributed by atoms with van der Waals surface area (Å²) in [5.74, 6) is 0.856. The van der Waals surface area contributed by atoms with E-state index >= 15 is 0 Å². The number of nitrogens with zero attached hydrogens (tertiary/aromatic N) is 2. The number of fused-ring (bicyclic) bond motifs is 1. The van der Waals surface area contributed by atoms with Crippen LogP contribution in [0.25, 0.3) is 10.2 Å². The van der Waals surface area contributed by atoms with Crippen LogP contribution in [0.1, 0.15) is 23.7 Å². The topological polar surface area (TPSA) is 58.4 Å². The number of hydrogen-bond acceptors (Lipinski definition) is 5. The van der Waals surface area contributed by atoms with Crippen LogP contribution in [0.5, 0.6) is 0 Å². The number of carbonyl (C=O) groups excluding carboxylic acids is 1. The summed E-state index contributed by atoms with van der Waals surface area (Å²) in [5, 5.41) is 4.12. The lowest BCUT2D eigenvalue weighted by atomic mass is 10.2. The van der Waals surface area contributed by atoms with Crippen molar-refractivity contribution in [1.29, 1.82) is 0 Å². The minimum absolute atomic E-state index is 0.00445. The molecular weight excluding hydrogens is 310 g/mol. The number of benzene rings is 1. The van der Waals surface area contributed by atoms with Gasteiger partial charge >= 0.3 is 0 Å². The van der Waals surface area contributed by atoms with E-state index in [4.69, 9.17) is 4.42 Å². The van der Waals surface area contributed by atoms with E-state index in [2.05, 4.69) is 10.3 Å². The van der Waals surface area contributed by atoms with Gasteiger partial charge in [-0.3, -0.25) is 10.1 Å². The number of rotatable bonds is 6. The number of nitrogens with one attached hydrogen (secondary N) is 1. The van der Waals surface area contributed by atoms with Crippen LogP contribution < -0.4 is 5.32 Å². The highest BCUT2D eigenvalue weighted by Gasteiger charge is 2.14. The molecule has 0 bridgehead atoms. The number of furan rings is 1. The molecule has 120 valence electrons. The molecule has 5 nitrogen and oxygen atoms in total. The molecule has 0 aliphatic carbocycles. The number of thiazole rings is 1. The van der Waals surface area contributed by atoms with Gasteiger partial charge in [-0.15, -0.1) is 11.3 Å². The molecule has 3 rings (SSSR count). The Morgan fingerprint density at radius 2 is 2.17 bits per heavy atom. The summed E-state index contributed by atoms with van der Waals surface area (Å²) in [7, 11) is 1.80. The molecule has 1 atom stereocenters. The lowest BCUT2D eigenvalue weighted by molar-refractivity contribution is -0.129. The lowest BCUT2D eigenvalue weighted by Crippen LogP contribution is -2.36. The molecule has 0 unspecified atom stereocenters. The Balaban J connectivity index is 1.55. The third-order valence-electron chi connectivity index (χ3n) is 3.67. The van der Waals surface area contributed by atoms with Gasteiger partial charge in [-0.1, -0.05) is 12.1 Å². The summed E-state index contributed by atoms with van der Waals surface area (Å²) in [5.41, 5.74) is 0.984. The van der Waals surface area contributed by atoms with Crippen molar-refractivity contribution in [3.8, 4) is 0 Å². The van der Waals surface area contributed by atoms with Gasteiger partial charge in [0.05, 0.1) is 35.6 Å². The second-order valence-electron chi connectivity index (χ2n) is 5.44. The Hall–Kier alpha value is -2.18. The van der Waals surface area contributed by atoms with Crippen molar-refractivity contribution in [3.63, 3.8) is 0 Å². The van der Waals surface area contributed by atoms with Crippen molar-refractivity contribution in [2.24, 2.45) is 0 Å². The predicted molar refractivity (Wildman–Crippen MR) is 91.2 cm³/mol. The van der Waals surface area contributed by atoms with E-state index < -0.39 is 0 Å². The van der Waals surface area contributed by atoms with Crippen LogP contribution in [0.2, 0.25) is 0 Å². The second-order valence-corrected chi connectivity index (χ2v) is 6.56. The standard InChI is InChI=1S/C17H19N3O2S/c1-12(14-7-5-9-22-14)18-10-17(21)20(2)11-16-19-13-6-3-4-8-15(13)23-16/h3-9,12,18H,10-11H2,1-2H3/t12-/m1/s1. The quantitative estimate of drug-likeness (QED) is 0.754. The van der Waals surface area contributed by atoms with Gasteiger partial charge in [-0.05, 0) is 31.2 Å². The molecule has 0 fully saturated rings. The molecule has 6 heteroatoms. The first-order valence-corrected chi connectivity index (χ1v) is 8.30. The summed E-state index contributed by atoms with van der Waals surface area (Å²) in [6.45, 7) is 2.76. The highest BCUT2D eigenvalue weighted by atomic mass is 32.1. The van der Waals surface area contributed by atoms with Crippen LogP contribution in [0.4, 0.5) is 0 Å². The SMILES string of the molecule is C[C@@H](NCC(=O)N(C)Cc1nc2ccccc2s1)c1ccco1. The van der Waals surface area contributed by atoms with Gasteiger partial charge < -0.3 is 9.32 Å². The second kappa shape index (κ2) is 6.93. The predicted octanol–water partition coefficient (Wildman–Crippen LogP) is 3.20. The minimum atomic E-state index is 0.00445. The molecule has 0 radical (unpaired) electrons. The zero-order chi connectivity index (χ0) is 16.2. The Morgan fingerprint density at radius 1 is 1.35 bits per heavy atom. The average molecular weight is 329 g/mol. The molecule has 3 aromatic rings. The molecule has 1 N–H and O–H groups in total. The van der Waals surface area contributed by atoms with Gasteiger partial charge in [0.25, 0.3) is 0 Å². The molecular formula is C17H19N3O2S. The maximum Gasteiger partial charge on any atom is 0.236 e. The molecule has 0 aliphatic heterocycles. The van der Waals surface area contributed by atoms with Gasteiger partial charge in [0.15, 0.2) is 0 Å². The first-order chi connectivity index (χ1) is 11.1. The molecule has 0 saturated heterocycles. The summed E-state index contributed by atoms with van der Waals surface area (Å²) >= 11 is 1.63. The molecule has 0 spiro atoms. The van der Waals surface area contributed by atoms with Crippen LogP contribution in [0.15, 0.2) is 47.1 Å². The summed E-state index contributed by atoms with van der Waals surface area (Å²) in [6, 6.07) is 11.8. The van der Waals surface area contributed by atoms with Crippen LogP contribution in [0, 0.1) is 0 Å². The van der Waals surface area contributed by atoms with Gasteiger partial charge in [0, 0.05) is 7.05 Å². The summed E-state index contributed by atoms with van der Waals surface area (Å²) in [6.07, 6.45) is 1.63. The van der Waals surface area contributed by atoms with Crippen LogP contribution in [-0.4, -0.2) is 29.4 Å². The fourth-order valence-electron chi connectivity index (χ4n) is 2.29. The fraction of sp³-hybridized carbons (Fsp3) is 0.294. The van der Waals surface area contributed by atoms with Crippen LogP contribution >= 0.6 is 11.3 Å². The molecule has 2 heterocycles. The van der Waals surface area contributed by atoms with Crippen molar-refractivity contribution in [2.75, 3.05) is 13.6 Å². The van der Waals surface area contributed by atoms with Crippen molar-refractivity contribution in [2.45, 2.75) is 19.5 Å². The highest BCUT2D eigenvalue weighted by Crippen LogP contribution is 2.22. The number of amides is 1. The molecule has 0 saturated carbocycles. The summed E-state index contributed by atoms with van der Waals surface area (Å²) in [4.78, 5) is 18.5. The van der Waals surface area contributed by atoms with E-state index in [1.807, 2.05) is 43.3 Å². The van der Waals surface area contributed by atoms with Crippen LogP contribution in [0.3, 0.4) is 0 Å². The number of aromatic nitrogens is 1. The van der Waals surface area contributed by atoms with E-state index in [-0.39, 0.29) is 18.5 Å². The lowest BCUT2D eigenvalue weighted by Gasteiger charge is -2.17. The van der Waals surface area contributed by atoms with Crippen LogP contribution in [-0.2, 0) is 11.3 Å². The third-order valence-corrected chi connectivity index (χ3v) is 4.69. The van der Waals surface area contributed by atoms with E-state index in [9.17, 15) is 4.79 Å². The monoisotopic (exact) mass is 329 g/mol. The maximum absolute atomic E-state index is 12.2. The first kappa shape index (κ1) is 15.7. The van der Waals surface area contributed by atoms with Gasteiger partial charge in [0.1, 0.15) is 10.8 Å². The van der Waals surface area contributed by atoms with Crippen molar-refractivity contribution in [1.82, 2.24) is 15.2 Å². The van der Waals surface area contributed by atoms with Crippen molar-refractivity contribution < 1.29 is 9.21 Å². The maximum atomic E-state index is 12.2. The first-order valence-electron chi connectivity index (χ1n) is 7.48. The van der Waals surface area contributed by atoms with E-state index in [0.717, 1.165) is 21.0 Å². The van der Waals surface area contributed by atoms with Gasteiger partial charge in [0.2, 0.25) is 5.91 Å². The fourth-order valence-corrected chi connectivity index (χ4v) is 3.31. The molecule has 0 aliphatic rings. The molecule has 2 aromatic heterocycles. The minimum Gasteiger partial charge on any atom is -0.468 e. The summed E-state index contributed by atoms with van der Waals surface area (Å²) < 4.78 is 6.47. The van der Waals surface area contributed by atoms with E-state index in [0.29, 0.717) is 6.54 Å². The number of carbonyl (C=O) groups is 1. The molecule has 1 aromatic carbocycles. The van der Waals surface area contributed by atoms with Gasteiger partial charge in [-0.2, -0.15) is 0 Å². The number of hydrogen-bond donors (Lipinski definition) is 1. The number of likely N-dealkylation sites (N-methyl/N-ethyl adjacent to an activating group) is 1. The van der Waals surface area contributed by atoms with Crippen molar-refractivity contribution >= 4 is 27.5 Å². The number of para-hydroxylation sites is 1. The largest absolute Gasteiger partial charge is 0.468 e. The third kappa shape index (κ3) is 3.78. The van der Waals surface area contributed by atoms with E-state index in [1.54, 1.807) is 29.5 Å². The molecule has 1 amide bonds. The normalized spacial score (nSPS) is 12.4. The zero-order valence-electron chi connectivity index (χ0n) is 13.2. The van der Waals surface area contributed by atoms with Crippen molar-refractivity contribution in [3.05, 3.63) is 53.4 Å².